The molecule has 0 saturated carbocycles. The fraction of sp³-hybridized carbons (Fsp3) is 0.364. The predicted molar refractivity (Wildman–Crippen MR) is 52.8 cm³/mol. The molecule has 0 spiro atoms. The van der Waals surface area contributed by atoms with Gasteiger partial charge in [0.2, 0.25) is 0 Å². The number of hydrogen-bond acceptors (Lipinski definition) is 1. The van der Waals surface area contributed by atoms with Crippen LogP contribution in [0.4, 0.5) is 0 Å². The Morgan fingerprint density at radius 2 is 2.38 bits per heavy atom. The van der Waals surface area contributed by atoms with E-state index in [1.54, 1.807) is 0 Å². The predicted octanol–water partition coefficient (Wildman–Crippen LogP) is 2.29. The van der Waals surface area contributed by atoms with Gasteiger partial charge in [0.1, 0.15) is 5.65 Å². The zero-order valence-corrected chi connectivity index (χ0v) is 7.75. The molecule has 0 atom stereocenters. The van der Waals surface area contributed by atoms with Crippen LogP contribution in [-0.4, -0.2) is 9.55 Å². The van der Waals surface area contributed by atoms with Gasteiger partial charge in [-0.25, -0.2) is 4.98 Å². The molecule has 2 heteroatoms. The first-order valence-electron chi connectivity index (χ1n) is 4.80. The van der Waals surface area contributed by atoms with Gasteiger partial charge in [0.05, 0.1) is 0 Å². The zero-order chi connectivity index (χ0) is 8.84. The van der Waals surface area contributed by atoms with Gasteiger partial charge >= 0.3 is 0 Å². The maximum absolute atomic E-state index is 4.44. The van der Waals surface area contributed by atoms with Crippen molar-refractivity contribution in [2.75, 3.05) is 0 Å². The molecule has 13 heavy (non-hydrogen) atoms. The van der Waals surface area contributed by atoms with E-state index < -0.39 is 0 Å². The average molecular weight is 172 g/mol. The molecule has 0 bridgehead atoms. The highest BCUT2D eigenvalue weighted by Crippen LogP contribution is 2.28. The molecule has 2 nitrogen and oxygen atoms in total. The van der Waals surface area contributed by atoms with Crippen molar-refractivity contribution >= 4 is 11.0 Å². The minimum absolute atomic E-state index is 1.15. The maximum atomic E-state index is 4.44. The summed E-state index contributed by atoms with van der Waals surface area (Å²) in [6, 6.07) is 4.19. The molecular formula is C11H12N2. The SMILES string of the molecule is Cc1c2n(c3ncccc13)CCC2. The summed E-state index contributed by atoms with van der Waals surface area (Å²) in [6.45, 7) is 3.36. The summed E-state index contributed by atoms with van der Waals surface area (Å²) in [5.41, 5.74) is 4.10. The van der Waals surface area contributed by atoms with Gasteiger partial charge in [-0.2, -0.15) is 0 Å². The molecule has 0 radical (unpaired) electrons. The molecule has 1 aliphatic heterocycles. The number of rotatable bonds is 0. The van der Waals surface area contributed by atoms with Crippen LogP contribution in [0.15, 0.2) is 18.3 Å². The number of pyridine rings is 1. The van der Waals surface area contributed by atoms with Crippen molar-refractivity contribution in [3.05, 3.63) is 29.6 Å². The van der Waals surface area contributed by atoms with Gasteiger partial charge in [0, 0.05) is 23.8 Å². The number of aromatic nitrogens is 2. The molecule has 0 aliphatic carbocycles. The molecular weight excluding hydrogens is 160 g/mol. The van der Waals surface area contributed by atoms with Gasteiger partial charge < -0.3 is 4.57 Å². The highest BCUT2D eigenvalue weighted by molar-refractivity contribution is 5.82. The minimum atomic E-state index is 1.15. The minimum Gasteiger partial charge on any atom is -0.329 e. The molecule has 2 aromatic heterocycles. The van der Waals surface area contributed by atoms with Crippen LogP contribution < -0.4 is 0 Å². The van der Waals surface area contributed by atoms with Gasteiger partial charge in [0.15, 0.2) is 0 Å². The fourth-order valence-corrected chi connectivity index (χ4v) is 2.36. The third-order valence-electron chi connectivity index (χ3n) is 3.00. The Morgan fingerprint density at radius 3 is 3.31 bits per heavy atom. The van der Waals surface area contributed by atoms with E-state index in [1.807, 2.05) is 12.3 Å². The quantitative estimate of drug-likeness (QED) is 0.596. The van der Waals surface area contributed by atoms with Crippen molar-refractivity contribution in [2.24, 2.45) is 0 Å². The second kappa shape index (κ2) is 2.34. The summed E-state index contributed by atoms with van der Waals surface area (Å²) >= 11 is 0. The van der Waals surface area contributed by atoms with Crippen molar-refractivity contribution in [1.82, 2.24) is 9.55 Å². The molecule has 3 rings (SSSR count). The third kappa shape index (κ3) is 0.804. The van der Waals surface area contributed by atoms with Crippen LogP contribution in [-0.2, 0) is 13.0 Å². The topological polar surface area (TPSA) is 17.8 Å². The zero-order valence-electron chi connectivity index (χ0n) is 7.75. The van der Waals surface area contributed by atoms with Crippen LogP contribution in [0.2, 0.25) is 0 Å². The second-order valence-electron chi connectivity index (χ2n) is 3.70. The van der Waals surface area contributed by atoms with Crippen LogP contribution in [0.1, 0.15) is 17.7 Å². The molecule has 0 aromatic carbocycles. The van der Waals surface area contributed by atoms with E-state index in [9.17, 15) is 0 Å². The Labute approximate surface area is 77.2 Å². The monoisotopic (exact) mass is 172 g/mol. The van der Waals surface area contributed by atoms with Crippen molar-refractivity contribution in [1.29, 1.82) is 0 Å². The maximum Gasteiger partial charge on any atom is 0.140 e. The van der Waals surface area contributed by atoms with Crippen LogP contribution in [0.5, 0.6) is 0 Å². The molecule has 0 unspecified atom stereocenters. The van der Waals surface area contributed by atoms with E-state index in [4.69, 9.17) is 0 Å². The number of fused-ring (bicyclic) bond motifs is 3. The van der Waals surface area contributed by atoms with Crippen molar-refractivity contribution in [3.63, 3.8) is 0 Å². The summed E-state index contributed by atoms with van der Waals surface area (Å²) in [4.78, 5) is 4.44. The molecule has 1 aliphatic rings. The Balaban J connectivity index is 2.49. The van der Waals surface area contributed by atoms with Gasteiger partial charge in [-0.1, -0.05) is 0 Å². The molecule has 66 valence electrons. The summed E-state index contributed by atoms with van der Waals surface area (Å²) in [6.07, 6.45) is 4.39. The van der Waals surface area contributed by atoms with E-state index in [-0.39, 0.29) is 0 Å². The first-order chi connectivity index (χ1) is 6.38. The lowest BCUT2D eigenvalue weighted by Gasteiger charge is -1.96. The lowest BCUT2D eigenvalue weighted by Crippen LogP contribution is -1.92. The molecule has 0 saturated heterocycles. The van der Waals surface area contributed by atoms with Crippen molar-refractivity contribution < 1.29 is 0 Å². The Bertz CT molecular complexity index is 468. The van der Waals surface area contributed by atoms with Crippen LogP contribution >= 0.6 is 0 Å². The summed E-state index contributed by atoms with van der Waals surface area (Å²) in [5, 5.41) is 1.33. The van der Waals surface area contributed by atoms with E-state index in [2.05, 4.69) is 22.5 Å². The smallest absolute Gasteiger partial charge is 0.140 e. The van der Waals surface area contributed by atoms with E-state index in [1.165, 1.54) is 35.1 Å². The summed E-state index contributed by atoms with van der Waals surface area (Å²) in [7, 11) is 0. The fourth-order valence-electron chi connectivity index (χ4n) is 2.36. The van der Waals surface area contributed by atoms with E-state index >= 15 is 0 Å². The lowest BCUT2D eigenvalue weighted by molar-refractivity contribution is 0.765. The number of hydrogen-bond donors (Lipinski definition) is 0. The number of nitrogens with zero attached hydrogens (tertiary/aromatic N) is 2. The largest absolute Gasteiger partial charge is 0.329 e. The summed E-state index contributed by atoms with van der Waals surface area (Å²) < 4.78 is 2.37. The first-order valence-corrected chi connectivity index (χ1v) is 4.80. The Kier molecular flexibility index (Phi) is 1.29. The average Bonchev–Trinajstić information content (AvgIpc) is 2.72. The molecule has 2 aromatic rings. The van der Waals surface area contributed by atoms with Gasteiger partial charge in [-0.3, -0.25) is 0 Å². The Morgan fingerprint density at radius 1 is 1.46 bits per heavy atom. The molecule has 0 amide bonds. The van der Waals surface area contributed by atoms with E-state index in [0.717, 1.165) is 6.54 Å². The number of aryl methyl sites for hydroxylation is 2. The molecule has 3 heterocycles. The van der Waals surface area contributed by atoms with Gasteiger partial charge in [0.25, 0.3) is 0 Å². The van der Waals surface area contributed by atoms with E-state index in [0.29, 0.717) is 0 Å². The van der Waals surface area contributed by atoms with Crippen LogP contribution in [0, 0.1) is 6.92 Å². The van der Waals surface area contributed by atoms with Gasteiger partial charge in [-0.05, 0) is 37.5 Å². The third-order valence-corrected chi connectivity index (χ3v) is 3.00. The lowest BCUT2D eigenvalue weighted by atomic mass is 10.1. The van der Waals surface area contributed by atoms with Gasteiger partial charge in [-0.15, -0.1) is 0 Å². The highest BCUT2D eigenvalue weighted by Gasteiger charge is 2.18. The molecule has 0 fully saturated rings. The van der Waals surface area contributed by atoms with Crippen molar-refractivity contribution in [2.45, 2.75) is 26.3 Å². The van der Waals surface area contributed by atoms with Crippen LogP contribution in [0.3, 0.4) is 0 Å². The van der Waals surface area contributed by atoms with Crippen molar-refractivity contribution in [3.8, 4) is 0 Å². The Hall–Kier alpha value is -1.31. The first kappa shape index (κ1) is 7.13. The standard InChI is InChI=1S/C11H12N2/c1-8-9-4-2-6-12-11(9)13-7-3-5-10(8)13/h2,4,6H,3,5,7H2,1H3. The van der Waals surface area contributed by atoms with Crippen LogP contribution in [0.25, 0.3) is 11.0 Å². The summed E-state index contributed by atoms with van der Waals surface area (Å²) in [5.74, 6) is 0. The highest BCUT2D eigenvalue weighted by atomic mass is 15.1. The molecule has 0 N–H and O–H groups in total. The normalized spacial score (nSPS) is 15.2. The second-order valence-corrected chi connectivity index (χ2v) is 3.70.